The molecule has 124 valence electrons. The third-order valence-corrected chi connectivity index (χ3v) is 5.29. The van der Waals surface area contributed by atoms with Crippen molar-refractivity contribution in [3.05, 3.63) is 30.1 Å². The van der Waals surface area contributed by atoms with Gasteiger partial charge in [0.1, 0.15) is 5.82 Å². The second kappa shape index (κ2) is 8.24. The van der Waals surface area contributed by atoms with Crippen LogP contribution in [0.1, 0.15) is 25.6 Å². The number of rotatable bonds is 6. The molecule has 0 amide bonds. The van der Waals surface area contributed by atoms with Gasteiger partial charge in [-0.1, -0.05) is 12.1 Å². The molecule has 0 bridgehead atoms. The maximum atomic E-state index is 4.71. The van der Waals surface area contributed by atoms with Crippen molar-refractivity contribution in [1.29, 1.82) is 0 Å². The van der Waals surface area contributed by atoms with Gasteiger partial charge in [-0.15, -0.1) is 0 Å². The molecular formula is C17H25N5S. The number of para-hydroxylation sites is 2. The molecule has 1 fully saturated rings. The van der Waals surface area contributed by atoms with Crippen LogP contribution < -0.4 is 10.6 Å². The number of thioether (sulfide) groups is 1. The van der Waals surface area contributed by atoms with E-state index in [1.807, 2.05) is 30.0 Å². The molecule has 1 aromatic carbocycles. The van der Waals surface area contributed by atoms with E-state index in [9.17, 15) is 0 Å². The van der Waals surface area contributed by atoms with Crippen LogP contribution in [-0.4, -0.2) is 46.6 Å². The number of aromatic amines is 1. The first-order chi connectivity index (χ1) is 11.3. The fourth-order valence-corrected chi connectivity index (χ4v) is 3.93. The number of benzene rings is 1. The third-order valence-electron chi connectivity index (χ3n) is 3.91. The number of H-pyrrole nitrogens is 1. The van der Waals surface area contributed by atoms with Gasteiger partial charge in [-0.2, -0.15) is 11.8 Å². The van der Waals surface area contributed by atoms with Crippen LogP contribution in [0, 0.1) is 0 Å². The molecule has 2 heterocycles. The lowest BCUT2D eigenvalue weighted by Gasteiger charge is -2.12. The largest absolute Gasteiger partial charge is 0.357 e. The smallest absolute Gasteiger partial charge is 0.191 e. The minimum atomic E-state index is 0.695. The summed E-state index contributed by atoms with van der Waals surface area (Å²) in [6.45, 7) is 4.71. The monoisotopic (exact) mass is 331 g/mol. The fourth-order valence-electron chi connectivity index (χ4n) is 2.75. The van der Waals surface area contributed by atoms with E-state index in [1.165, 1.54) is 18.6 Å². The molecule has 0 spiro atoms. The van der Waals surface area contributed by atoms with Crippen LogP contribution in [0.2, 0.25) is 0 Å². The van der Waals surface area contributed by atoms with Crippen molar-refractivity contribution in [2.75, 3.05) is 25.4 Å². The topological polar surface area (TPSA) is 65.1 Å². The molecule has 1 unspecified atom stereocenters. The summed E-state index contributed by atoms with van der Waals surface area (Å²) in [6.07, 6.45) is 3.49. The number of nitrogens with zero attached hydrogens (tertiary/aromatic N) is 2. The lowest BCUT2D eigenvalue weighted by molar-refractivity contribution is 0.754. The summed E-state index contributed by atoms with van der Waals surface area (Å²) in [5.74, 6) is 3.22. The van der Waals surface area contributed by atoms with E-state index in [1.54, 1.807) is 0 Å². The summed E-state index contributed by atoms with van der Waals surface area (Å²) >= 11 is 2.05. The zero-order valence-corrected chi connectivity index (χ0v) is 14.5. The molecule has 0 saturated carbocycles. The van der Waals surface area contributed by atoms with Crippen LogP contribution in [0.4, 0.5) is 0 Å². The van der Waals surface area contributed by atoms with Crippen molar-refractivity contribution >= 4 is 28.8 Å². The average molecular weight is 331 g/mol. The summed E-state index contributed by atoms with van der Waals surface area (Å²) < 4.78 is 0. The van der Waals surface area contributed by atoms with E-state index in [0.717, 1.165) is 48.9 Å². The first-order valence-corrected chi connectivity index (χ1v) is 9.47. The van der Waals surface area contributed by atoms with Crippen molar-refractivity contribution in [1.82, 2.24) is 20.6 Å². The molecular weight excluding hydrogens is 306 g/mol. The lowest BCUT2D eigenvalue weighted by Crippen LogP contribution is -2.38. The molecule has 23 heavy (non-hydrogen) atoms. The Kier molecular flexibility index (Phi) is 5.80. The van der Waals surface area contributed by atoms with Gasteiger partial charge in [0.2, 0.25) is 0 Å². The number of nitrogens with one attached hydrogen (secondary N) is 3. The quantitative estimate of drug-likeness (QED) is 0.562. The Hall–Kier alpha value is -1.69. The van der Waals surface area contributed by atoms with Crippen molar-refractivity contribution in [3.8, 4) is 0 Å². The summed E-state index contributed by atoms with van der Waals surface area (Å²) in [7, 11) is 0. The molecule has 1 aliphatic rings. The normalized spacial score (nSPS) is 18.5. The zero-order chi connectivity index (χ0) is 15.9. The van der Waals surface area contributed by atoms with Gasteiger partial charge in [0.05, 0.1) is 17.6 Å². The summed E-state index contributed by atoms with van der Waals surface area (Å²) in [6, 6.07) is 8.14. The molecule has 6 heteroatoms. The van der Waals surface area contributed by atoms with E-state index in [-0.39, 0.29) is 0 Å². The Bertz CT molecular complexity index is 612. The SMILES string of the molecule is CCNC(=NCC1CCCS1)NCCc1nc2ccccc2[nH]1. The Labute approximate surface area is 141 Å². The maximum absolute atomic E-state index is 4.71. The minimum absolute atomic E-state index is 0.695. The molecule has 0 aliphatic carbocycles. The second-order valence-corrected chi connectivity index (χ2v) is 7.14. The lowest BCUT2D eigenvalue weighted by atomic mass is 10.2. The van der Waals surface area contributed by atoms with E-state index in [4.69, 9.17) is 4.99 Å². The first kappa shape index (κ1) is 16.2. The number of aromatic nitrogens is 2. The predicted molar refractivity (Wildman–Crippen MR) is 99.3 cm³/mol. The van der Waals surface area contributed by atoms with E-state index in [2.05, 4.69) is 33.6 Å². The number of aliphatic imine (C=N–C) groups is 1. The first-order valence-electron chi connectivity index (χ1n) is 8.42. The van der Waals surface area contributed by atoms with E-state index < -0.39 is 0 Å². The number of imidazole rings is 1. The molecule has 5 nitrogen and oxygen atoms in total. The highest BCUT2D eigenvalue weighted by Gasteiger charge is 2.14. The number of fused-ring (bicyclic) bond motifs is 1. The molecule has 3 rings (SSSR count). The van der Waals surface area contributed by atoms with Gasteiger partial charge in [-0.25, -0.2) is 4.98 Å². The Morgan fingerprint density at radius 3 is 3.09 bits per heavy atom. The van der Waals surface area contributed by atoms with Crippen LogP contribution >= 0.6 is 11.8 Å². The second-order valence-electron chi connectivity index (χ2n) is 5.73. The molecule has 1 aromatic heterocycles. The predicted octanol–water partition coefficient (Wildman–Crippen LogP) is 2.56. The van der Waals surface area contributed by atoms with Crippen LogP contribution in [0.3, 0.4) is 0 Å². The standard InChI is InChI=1S/C17H25N5S/c1-2-18-17(20-12-13-6-5-11-23-13)19-10-9-16-21-14-7-3-4-8-15(14)22-16/h3-4,7-8,13H,2,5-6,9-12H2,1H3,(H,21,22)(H2,18,19,20). The van der Waals surface area contributed by atoms with Gasteiger partial charge in [0.25, 0.3) is 0 Å². The molecule has 3 N–H and O–H groups in total. The van der Waals surface area contributed by atoms with Crippen molar-refractivity contribution in [3.63, 3.8) is 0 Å². The van der Waals surface area contributed by atoms with E-state index in [0.29, 0.717) is 5.25 Å². The Morgan fingerprint density at radius 1 is 1.39 bits per heavy atom. The number of hydrogen-bond acceptors (Lipinski definition) is 3. The van der Waals surface area contributed by atoms with E-state index >= 15 is 0 Å². The summed E-state index contributed by atoms with van der Waals surface area (Å²) in [5, 5.41) is 7.42. The molecule has 1 aliphatic heterocycles. The zero-order valence-electron chi connectivity index (χ0n) is 13.6. The van der Waals surface area contributed by atoms with Gasteiger partial charge in [-0.3, -0.25) is 4.99 Å². The maximum Gasteiger partial charge on any atom is 0.191 e. The Morgan fingerprint density at radius 2 is 2.30 bits per heavy atom. The van der Waals surface area contributed by atoms with Crippen LogP contribution in [0.25, 0.3) is 11.0 Å². The molecule has 2 aromatic rings. The molecule has 1 atom stereocenters. The van der Waals surface area contributed by atoms with Crippen LogP contribution in [-0.2, 0) is 6.42 Å². The summed E-state index contributed by atoms with van der Waals surface area (Å²) in [4.78, 5) is 12.7. The summed E-state index contributed by atoms with van der Waals surface area (Å²) in [5.41, 5.74) is 2.13. The number of hydrogen-bond donors (Lipinski definition) is 3. The van der Waals surface area contributed by atoms with Crippen molar-refractivity contribution in [2.24, 2.45) is 4.99 Å². The van der Waals surface area contributed by atoms with Crippen molar-refractivity contribution < 1.29 is 0 Å². The Balaban J connectivity index is 1.50. The van der Waals surface area contributed by atoms with Gasteiger partial charge in [0, 0.05) is 24.8 Å². The highest BCUT2D eigenvalue weighted by molar-refractivity contribution is 8.00. The molecule has 0 radical (unpaired) electrons. The average Bonchev–Trinajstić information content (AvgIpc) is 3.21. The number of guanidine groups is 1. The highest BCUT2D eigenvalue weighted by atomic mass is 32.2. The van der Waals surface area contributed by atoms with Gasteiger partial charge < -0.3 is 15.6 Å². The van der Waals surface area contributed by atoms with Crippen molar-refractivity contribution in [2.45, 2.75) is 31.4 Å². The van der Waals surface area contributed by atoms with Gasteiger partial charge in [0.15, 0.2) is 5.96 Å². The van der Waals surface area contributed by atoms with Crippen LogP contribution in [0.15, 0.2) is 29.3 Å². The van der Waals surface area contributed by atoms with Gasteiger partial charge >= 0.3 is 0 Å². The third kappa shape index (κ3) is 4.64. The van der Waals surface area contributed by atoms with Gasteiger partial charge in [-0.05, 0) is 37.7 Å². The van der Waals surface area contributed by atoms with Crippen LogP contribution in [0.5, 0.6) is 0 Å². The molecule has 1 saturated heterocycles. The highest BCUT2D eigenvalue weighted by Crippen LogP contribution is 2.25. The minimum Gasteiger partial charge on any atom is -0.357 e. The fraction of sp³-hybridized carbons (Fsp3) is 0.529.